The Bertz CT molecular complexity index is 381. The van der Waals surface area contributed by atoms with E-state index in [1.165, 1.54) is 0 Å². The van der Waals surface area contributed by atoms with Gasteiger partial charge < -0.3 is 9.67 Å². The SMILES string of the molecule is CP(C)(=O)C/N=C/c1ccccc1O. The lowest BCUT2D eigenvalue weighted by Crippen LogP contribution is -1.85. The fourth-order valence-electron chi connectivity index (χ4n) is 0.933. The van der Waals surface area contributed by atoms with Gasteiger partial charge in [-0.05, 0) is 25.5 Å². The van der Waals surface area contributed by atoms with Crippen molar-refractivity contribution in [3.05, 3.63) is 29.8 Å². The van der Waals surface area contributed by atoms with E-state index in [-0.39, 0.29) is 5.75 Å². The number of aliphatic imine (C=N–C) groups is 1. The molecule has 0 amide bonds. The van der Waals surface area contributed by atoms with Gasteiger partial charge in [-0.25, -0.2) is 0 Å². The van der Waals surface area contributed by atoms with Gasteiger partial charge in [0.15, 0.2) is 0 Å². The van der Waals surface area contributed by atoms with E-state index in [1.54, 1.807) is 37.7 Å². The number of aromatic hydroxyl groups is 1. The summed E-state index contributed by atoms with van der Waals surface area (Å²) in [4.78, 5) is 4.03. The minimum Gasteiger partial charge on any atom is -0.507 e. The van der Waals surface area contributed by atoms with E-state index >= 15 is 0 Å². The number of phenols is 1. The number of hydrogen-bond donors (Lipinski definition) is 1. The predicted molar refractivity (Wildman–Crippen MR) is 60.0 cm³/mol. The standard InChI is InChI=1S/C10H14NO2P/c1-14(2,13)8-11-7-9-5-3-4-6-10(9)12/h3-7,12H,8H2,1-2H3/b11-7+. The molecule has 76 valence electrons. The summed E-state index contributed by atoms with van der Waals surface area (Å²) in [7, 11) is -2.10. The van der Waals surface area contributed by atoms with Gasteiger partial charge in [0.2, 0.25) is 0 Å². The van der Waals surface area contributed by atoms with Crippen molar-refractivity contribution >= 4 is 13.4 Å². The third kappa shape index (κ3) is 3.75. The Labute approximate surface area is 83.9 Å². The highest BCUT2D eigenvalue weighted by Crippen LogP contribution is 2.35. The average molecular weight is 211 g/mol. The van der Waals surface area contributed by atoms with Gasteiger partial charge in [-0.3, -0.25) is 4.99 Å². The lowest BCUT2D eigenvalue weighted by Gasteiger charge is -2.00. The molecule has 0 radical (unpaired) electrons. The molecule has 0 heterocycles. The molecule has 0 atom stereocenters. The molecule has 1 aromatic carbocycles. The number of nitrogens with zero attached hydrogens (tertiary/aromatic N) is 1. The van der Waals surface area contributed by atoms with E-state index < -0.39 is 7.14 Å². The molecular weight excluding hydrogens is 197 g/mol. The summed E-state index contributed by atoms with van der Waals surface area (Å²) in [5.74, 6) is 0.193. The zero-order valence-electron chi connectivity index (χ0n) is 8.34. The zero-order chi connectivity index (χ0) is 10.6. The normalized spacial score (nSPS) is 12.1. The second kappa shape index (κ2) is 4.43. The molecule has 0 unspecified atom stereocenters. The van der Waals surface area contributed by atoms with Gasteiger partial charge in [0, 0.05) is 11.8 Å². The molecule has 0 aromatic heterocycles. The van der Waals surface area contributed by atoms with Gasteiger partial charge in [0.25, 0.3) is 0 Å². The molecule has 0 spiro atoms. The lowest BCUT2D eigenvalue weighted by atomic mass is 10.2. The molecule has 4 heteroatoms. The Hall–Kier alpha value is -1.08. The van der Waals surface area contributed by atoms with Crippen LogP contribution >= 0.6 is 7.14 Å². The Morgan fingerprint density at radius 1 is 1.43 bits per heavy atom. The Balaban J connectivity index is 2.70. The molecular formula is C10H14NO2P. The molecule has 14 heavy (non-hydrogen) atoms. The highest BCUT2D eigenvalue weighted by molar-refractivity contribution is 7.62. The van der Waals surface area contributed by atoms with Crippen LogP contribution in [-0.2, 0) is 4.57 Å². The molecule has 0 aliphatic rings. The van der Waals surface area contributed by atoms with Crippen LogP contribution in [0.3, 0.4) is 0 Å². The maximum absolute atomic E-state index is 11.3. The van der Waals surface area contributed by atoms with Crippen LogP contribution in [-0.4, -0.2) is 30.9 Å². The molecule has 0 saturated heterocycles. The van der Waals surface area contributed by atoms with Gasteiger partial charge in [0.1, 0.15) is 12.9 Å². The van der Waals surface area contributed by atoms with E-state index in [1.807, 2.05) is 6.07 Å². The lowest BCUT2D eigenvalue weighted by molar-refractivity contribution is 0.474. The van der Waals surface area contributed by atoms with Crippen LogP contribution in [0, 0.1) is 0 Å². The molecule has 3 nitrogen and oxygen atoms in total. The first-order chi connectivity index (χ1) is 6.49. The smallest absolute Gasteiger partial charge is 0.124 e. The third-order valence-corrected chi connectivity index (χ3v) is 2.43. The maximum Gasteiger partial charge on any atom is 0.124 e. The first kappa shape index (κ1) is 11.0. The van der Waals surface area contributed by atoms with Gasteiger partial charge in [-0.1, -0.05) is 12.1 Å². The van der Waals surface area contributed by atoms with Gasteiger partial charge in [-0.2, -0.15) is 0 Å². The van der Waals surface area contributed by atoms with Gasteiger partial charge in [0.05, 0.1) is 6.29 Å². The van der Waals surface area contributed by atoms with E-state index in [2.05, 4.69) is 4.99 Å². The fourth-order valence-corrected chi connectivity index (χ4v) is 1.41. The molecule has 0 saturated carbocycles. The van der Waals surface area contributed by atoms with Crippen molar-refractivity contribution in [2.45, 2.75) is 0 Å². The topological polar surface area (TPSA) is 49.7 Å². The Morgan fingerprint density at radius 3 is 2.64 bits per heavy atom. The summed E-state index contributed by atoms with van der Waals surface area (Å²) in [5, 5.41) is 9.38. The van der Waals surface area contributed by atoms with Crippen molar-refractivity contribution in [2.75, 3.05) is 19.6 Å². The largest absolute Gasteiger partial charge is 0.507 e. The van der Waals surface area contributed by atoms with Gasteiger partial charge >= 0.3 is 0 Å². The zero-order valence-corrected chi connectivity index (χ0v) is 9.24. The molecule has 0 fully saturated rings. The Morgan fingerprint density at radius 2 is 2.07 bits per heavy atom. The van der Waals surface area contributed by atoms with Crippen molar-refractivity contribution in [1.82, 2.24) is 0 Å². The monoisotopic (exact) mass is 211 g/mol. The van der Waals surface area contributed by atoms with Crippen molar-refractivity contribution in [3.63, 3.8) is 0 Å². The molecule has 0 aliphatic carbocycles. The van der Waals surface area contributed by atoms with E-state index in [9.17, 15) is 9.67 Å². The second-order valence-corrected chi connectivity index (χ2v) is 7.02. The highest BCUT2D eigenvalue weighted by Gasteiger charge is 2.03. The van der Waals surface area contributed by atoms with E-state index in [0.717, 1.165) is 0 Å². The number of para-hydroxylation sites is 1. The number of phenolic OH excluding ortho intramolecular Hbond substituents is 1. The maximum atomic E-state index is 11.3. The average Bonchev–Trinajstić information content (AvgIpc) is 2.06. The summed E-state index contributed by atoms with van der Waals surface area (Å²) in [5.41, 5.74) is 0.654. The van der Waals surface area contributed by atoms with Crippen LogP contribution in [0.15, 0.2) is 29.3 Å². The second-order valence-electron chi connectivity index (χ2n) is 3.59. The Kier molecular flexibility index (Phi) is 3.48. The molecule has 0 bridgehead atoms. The van der Waals surface area contributed by atoms with Crippen LogP contribution < -0.4 is 0 Å². The number of rotatable bonds is 3. The van der Waals surface area contributed by atoms with E-state index in [0.29, 0.717) is 11.8 Å². The number of benzene rings is 1. The fraction of sp³-hybridized carbons (Fsp3) is 0.300. The third-order valence-electron chi connectivity index (χ3n) is 1.59. The minimum atomic E-state index is -2.10. The first-order valence-corrected chi connectivity index (χ1v) is 7.09. The van der Waals surface area contributed by atoms with Crippen LogP contribution in [0.2, 0.25) is 0 Å². The van der Waals surface area contributed by atoms with Crippen molar-refractivity contribution in [1.29, 1.82) is 0 Å². The minimum absolute atomic E-state index is 0.193. The van der Waals surface area contributed by atoms with Crippen molar-refractivity contribution in [2.24, 2.45) is 4.99 Å². The van der Waals surface area contributed by atoms with Crippen LogP contribution in [0.25, 0.3) is 0 Å². The predicted octanol–water partition coefficient (Wildman–Crippen LogP) is 2.39. The van der Waals surface area contributed by atoms with Crippen molar-refractivity contribution in [3.8, 4) is 5.75 Å². The van der Waals surface area contributed by atoms with Crippen molar-refractivity contribution < 1.29 is 9.67 Å². The number of hydrogen-bond acceptors (Lipinski definition) is 3. The summed E-state index contributed by atoms with van der Waals surface area (Å²) in [6.45, 7) is 3.38. The van der Waals surface area contributed by atoms with Crippen LogP contribution in [0.5, 0.6) is 5.75 Å². The van der Waals surface area contributed by atoms with Crippen LogP contribution in [0.1, 0.15) is 5.56 Å². The summed E-state index contributed by atoms with van der Waals surface area (Å²) >= 11 is 0. The molecule has 0 aliphatic heterocycles. The summed E-state index contributed by atoms with van der Waals surface area (Å²) in [6.07, 6.45) is 1.87. The molecule has 1 N–H and O–H groups in total. The van der Waals surface area contributed by atoms with E-state index in [4.69, 9.17) is 0 Å². The summed E-state index contributed by atoms with van der Waals surface area (Å²) in [6, 6.07) is 6.92. The first-order valence-electron chi connectivity index (χ1n) is 4.31. The highest BCUT2D eigenvalue weighted by atomic mass is 31.2. The molecule has 1 rings (SSSR count). The quantitative estimate of drug-likeness (QED) is 0.616. The van der Waals surface area contributed by atoms with Crippen LogP contribution in [0.4, 0.5) is 0 Å². The molecule has 1 aromatic rings. The van der Waals surface area contributed by atoms with Gasteiger partial charge in [-0.15, -0.1) is 0 Å². The summed E-state index contributed by atoms with van der Waals surface area (Å²) < 4.78 is 11.3.